The molecule has 0 aromatic carbocycles. The first kappa shape index (κ1) is 20.6. The Morgan fingerprint density at radius 2 is 1.74 bits per heavy atom. The van der Waals surface area contributed by atoms with Gasteiger partial charge in [-0.05, 0) is 37.0 Å². The topological polar surface area (TPSA) is 54.3 Å². The molecule has 0 radical (unpaired) electrons. The van der Waals surface area contributed by atoms with Gasteiger partial charge in [0.2, 0.25) is 11.8 Å². The molecule has 6 nitrogen and oxygen atoms in total. The van der Waals surface area contributed by atoms with Gasteiger partial charge in [0.15, 0.2) is 0 Å². The molecule has 2 heterocycles. The number of nitrogens with zero attached hydrogens (tertiary/aromatic N) is 2. The molecule has 1 aliphatic carbocycles. The standard InChI is InChI=1S/C21H37N3O3/c1-16-6-8-21(9-7-16)24(18(25)14-20(2,3)4)17(15-27-21)19(26)23-12-10-22(5)11-13-23/h16-17H,6-15H2,1-5H3/p+1/t16?,17-,21?/m1/s1. The van der Waals surface area contributed by atoms with Crippen LogP contribution in [-0.4, -0.2) is 73.2 Å². The fraction of sp³-hybridized carbons (Fsp3) is 0.905. The van der Waals surface area contributed by atoms with E-state index in [4.69, 9.17) is 4.74 Å². The molecule has 0 unspecified atom stereocenters. The minimum Gasteiger partial charge on any atom is -0.353 e. The Morgan fingerprint density at radius 3 is 2.30 bits per heavy atom. The van der Waals surface area contributed by atoms with Crippen LogP contribution < -0.4 is 4.90 Å². The number of rotatable bonds is 2. The largest absolute Gasteiger partial charge is 0.353 e. The van der Waals surface area contributed by atoms with Crippen LogP contribution in [0, 0.1) is 11.3 Å². The van der Waals surface area contributed by atoms with Crippen LogP contribution in [0.2, 0.25) is 0 Å². The molecule has 2 amide bonds. The van der Waals surface area contributed by atoms with Crippen LogP contribution in [0.15, 0.2) is 0 Å². The number of hydrogen-bond acceptors (Lipinski definition) is 3. The molecule has 6 heteroatoms. The predicted molar refractivity (Wildman–Crippen MR) is 104 cm³/mol. The fourth-order valence-electron chi connectivity index (χ4n) is 4.70. The second kappa shape index (κ2) is 7.70. The Morgan fingerprint density at radius 1 is 1.15 bits per heavy atom. The van der Waals surface area contributed by atoms with Crippen LogP contribution in [0.5, 0.6) is 0 Å². The first-order chi connectivity index (χ1) is 12.6. The summed E-state index contributed by atoms with van der Waals surface area (Å²) in [5, 5.41) is 0. The van der Waals surface area contributed by atoms with E-state index in [1.54, 1.807) is 0 Å². The van der Waals surface area contributed by atoms with E-state index in [1.807, 2.05) is 9.80 Å². The van der Waals surface area contributed by atoms with Crippen LogP contribution in [0.1, 0.15) is 59.8 Å². The Labute approximate surface area is 164 Å². The molecule has 0 aromatic rings. The number of carbonyl (C=O) groups is 2. The number of likely N-dealkylation sites (N-methyl/N-ethyl adjacent to an activating group) is 1. The van der Waals surface area contributed by atoms with E-state index in [0.29, 0.717) is 18.9 Å². The van der Waals surface area contributed by atoms with Gasteiger partial charge in [-0.15, -0.1) is 0 Å². The zero-order valence-electron chi connectivity index (χ0n) is 17.8. The lowest BCUT2D eigenvalue weighted by Gasteiger charge is -2.44. The van der Waals surface area contributed by atoms with Gasteiger partial charge in [0.1, 0.15) is 11.8 Å². The molecule has 0 bridgehead atoms. The third-order valence-corrected chi connectivity index (χ3v) is 6.48. The van der Waals surface area contributed by atoms with Crippen molar-refractivity contribution in [1.29, 1.82) is 0 Å². The Hall–Kier alpha value is -1.14. The summed E-state index contributed by atoms with van der Waals surface area (Å²) in [5.74, 6) is 0.821. The van der Waals surface area contributed by atoms with Crippen molar-refractivity contribution < 1.29 is 19.2 Å². The molecule has 1 atom stereocenters. The van der Waals surface area contributed by atoms with Gasteiger partial charge >= 0.3 is 0 Å². The molecule has 1 saturated carbocycles. The van der Waals surface area contributed by atoms with Crippen molar-refractivity contribution in [3.8, 4) is 0 Å². The first-order valence-electron chi connectivity index (χ1n) is 10.7. The molecule has 2 saturated heterocycles. The van der Waals surface area contributed by atoms with E-state index in [1.165, 1.54) is 4.90 Å². The van der Waals surface area contributed by atoms with Gasteiger partial charge in [-0.1, -0.05) is 27.7 Å². The molecular weight excluding hydrogens is 342 g/mol. The van der Waals surface area contributed by atoms with Crippen LogP contribution in [0.3, 0.4) is 0 Å². The summed E-state index contributed by atoms with van der Waals surface area (Å²) >= 11 is 0. The summed E-state index contributed by atoms with van der Waals surface area (Å²) in [6.07, 6.45) is 4.25. The first-order valence-corrected chi connectivity index (χ1v) is 10.7. The average Bonchev–Trinajstić information content (AvgIpc) is 2.95. The lowest BCUT2D eigenvalue weighted by Crippen LogP contribution is -3.12. The van der Waals surface area contributed by atoms with Gasteiger partial charge in [-0.3, -0.25) is 14.5 Å². The summed E-state index contributed by atoms with van der Waals surface area (Å²) in [4.78, 5) is 31.9. The van der Waals surface area contributed by atoms with E-state index < -0.39 is 11.8 Å². The molecule has 3 aliphatic rings. The minimum absolute atomic E-state index is 0.0765. The Bertz CT molecular complexity index is 556. The third kappa shape index (κ3) is 4.48. The lowest BCUT2D eigenvalue weighted by atomic mass is 9.82. The van der Waals surface area contributed by atoms with Gasteiger partial charge in [0.05, 0.1) is 39.8 Å². The molecule has 3 rings (SSSR count). The van der Waals surface area contributed by atoms with Crippen molar-refractivity contribution in [1.82, 2.24) is 9.80 Å². The number of piperazine rings is 1. The molecular formula is C21H38N3O3+. The molecule has 3 fully saturated rings. The maximum atomic E-state index is 13.3. The summed E-state index contributed by atoms with van der Waals surface area (Å²) in [6, 6.07) is -0.452. The molecule has 154 valence electrons. The van der Waals surface area contributed by atoms with Gasteiger partial charge in [0, 0.05) is 6.42 Å². The van der Waals surface area contributed by atoms with Crippen molar-refractivity contribution in [3.63, 3.8) is 0 Å². The van der Waals surface area contributed by atoms with E-state index in [2.05, 4.69) is 34.7 Å². The highest BCUT2D eigenvalue weighted by atomic mass is 16.5. The van der Waals surface area contributed by atoms with Crippen molar-refractivity contribution in [3.05, 3.63) is 0 Å². The highest BCUT2D eigenvalue weighted by molar-refractivity contribution is 5.89. The second-order valence-electron chi connectivity index (χ2n) is 10.2. The van der Waals surface area contributed by atoms with Gasteiger partial charge in [-0.2, -0.15) is 0 Å². The third-order valence-electron chi connectivity index (χ3n) is 6.48. The number of hydrogen-bond donors (Lipinski definition) is 1. The normalized spacial score (nSPS) is 32.9. The Kier molecular flexibility index (Phi) is 5.88. The quantitative estimate of drug-likeness (QED) is 0.775. The zero-order valence-corrected chi connectivity index (χ0v) is 17.8. The summed E-state index contributed by atoms with van der Waals surface area (Å²) in [6.45, 7) is 12.3. The minimum atomic E-state index is -0.563. The van der Waals surface area contributed by atoms with Crippen LogP contribution in [0.4, 0.5) is 0 Å². The number of carbonyl (C=O) groups excluding carboxylic acids is 2. The Balaban J connectivity index is 1.81. The lowest BCUT2D eigenvalue weighted by molar-refractivity contribution is -0.883. The van der Waals surface area contributed by atoms with E-state index >= 15 is 0 Å². The monoisotopic (exact) mass is 380 g/mol. The molecule has 27 heavy (non-hydrogen) atoms. The number of amides is 2. The van der Waals surface area contributed by atoms with Gasteiger partial charge < -0.3 is 14.5 Å². The summed E-state index contributed by atoms with van der Waals surface area (Å²) < 4.78 is 6.28. The zero-order chi connectivity index (χ0) is 19.8. The van der Waals surface area contributed by atoms with E-state index in [0.717, 1.165) is 51.9 Å². The summed E-state index contributed by atoms with van der Waals surface area (Å²) in [7, 11) is 2.16. The molecule has 1 N–H and O–H groups in total. The molecule has 0 aromatic heterocycles. The summed E-state index contributed by atoms with van der Waals surface area (Å²) in [5.41, 5.74) is -0.666. The van der Waals surface area contributed by atoms with Crippen molar-refractivity contribution in [2.45, 2.75) is 71.6 Å². The van der Waals surface area contributed by atoms with E-state index in [9.17, 15) is 9.59 Å². The highest BCUT2D eigenvalue weighted by Gasteiger charge is 2.54. The number of ether oxygens (including phenoxy) is 1. The van der Waals surface area contributed by atoms with Crippen LogP contribution in [-0.2, 0) is 14.3 Å². The highest BCUT2D eigenvalue weighted by Crippen LogP contribution is 2.43. The second-order valence-corrected chi connectivity index (χ2v) is 10.2. The van der Waals surface area contributed by atoms with Crippen molar-refractivity contribution >= 4 is 11.8 Å². The smallest absolute Gasteiger partial charge is 0.248 e. The van der Waals surface area contributed by atoms with Crippen LogP contribution >= 0.6 is 0 Å². The van der Waals surface area contributed by atoms with Crippen LogP contribution in [0.25, 0.3) is 0 Å². The fourth-order valence-corrected chi connectivity index (χ4v) is 4.70. The van der Waals surface area contributed by atoms with Gasteiger partial charge in [0.25, 0.3) is 0 Å². The SMILES string of the molecule is CC1CCC2(CC1)OC[C@H](C(=O)N1CC[NH+](C)CC1)N2C(=O)CC(C)(C)C. The van der Waals surface area contributed by atoms with E-state index in [-0.39, 0.29) is 17.2 Å². The molecule has 2 aliphatic heterocycles. The maximum absolute atomic E-state index is 13.3. The average molecular weight is 381 g/mol. The van der Waals surface area contributed by atoms with Crippen molar-refractivity contribution in [2.24, 2.45) is 11.3 Å². The molecule has 1 spiro atoms. The predicted octanol–water partition coefficient (Wildman–Crippen LogP) is 0.913. The number of quaternary nitrogens is 1. The maximum Gasteiger partial charge on any atom is 0.248 e. The van der Waals surface area contributed by atoms with Crippen molar-refractivity contribution in [2.75, 3.05) is 39.8 Å². The number of nitrogens with one attached hydrogen (secondary N) is 1. The van der Waals surface area contributed by atoms with Gasteiger partial charge in [-0.25, -0.2) is 0 Å².